The zero-order valence-electron chi connectivity index (χ0n) is 13.8. The van der Waals surface area contributed by atoms with E-state index in [0.717, 1.165) is 16.8 Å². The molecule has 8 heteroatoms. The fourth-order valence-corrected chi connectivity index (χ4v) is 3.19. The van der Waals surface area contributed by atoms with Gasteiger partial charge in [-0.15, -0.1) is 0 Å². The molecule has 6 nitrogen and oxygen atoms in total. The molecule has 4 rings (SSSR count). The van der Waals surface area contributed by atoms with Crippen molar-refractivity contribution >= 4 is 33.9 Å². The smallest absolute Gasteiger partial charge is 0.267 e. The van der Waals surface area contributed by atoms with Gasteiger partial charge in [0, 0.05) is 18.0 Å². The fraction of sp³-hybridized carbons (Fsp3) is 0.111. The quantitative estimate of drug-likeness (QED) is 0.551. The van der Waals surface area contributed by atoms with E-state index in [1.807, 2.05) is 6.92 Å². The van der Waals surface area contributed by atoms with Crippen LogP contribution in [0.4, 0.5) is 4.39 Å². The minimum Gasteiger partial charge on any atom is -0.376 e. The summed E-state index contributed by atoms with van der Waals surface area (Å²) in [6.07, 6.45) is 3.69. The number of halogens is 1. The Balaban J connectivity index is 2.08. The molecule has 0 unspecified atom stereocenters. The number of rotatable bonds is 2. The molecule has 3 heterocycles. The number of nitrogens with two attached hydrogens (primary N) is 1. The van der Waals surface area contributed by atoms with E-state index >= 15 is 0 Å². The first kappa shape index (κ1) is 16.3. The van der Waals surface area contributed by atoms with E-state index in [2.05, 4.69) is 10.1 Å². The lowest BCUT2D eigenvalue weighted by Gasteiger charge is -2.06. The van der Waals surface area contributed by atoms with Gasteiger partial charge in [0.1, 0.15) is 5.82 Å². The topological polar surface area (TPSA) is 78.2 Å². The van der Waals surface area contributed by atoms with Crippen LogP contribution >= 0.6 is 12.2 Å². The maximum atomic E-state index is 13.3. The third-order valence-corrected chi connectivity index (χ3v) is 4.49. The van der Waals surface area contributed by atoms with Gasteiger partial charge in [0.05, 0.1) is 16.6 Å². The molecule has 0 spiro atoms. The molecule has 0 aliphatic rings. The number of pyridine rings is 1. The Morgan fingerprint density at radius 2 is 2.00 bits per heavy atom. The molecule has 0 aliphatic carbocycles. The van der Waals surface area contributed by atoms with Gasteiger partial charge in [0.25, 0.3) is 5.56 Å². The van der Waals surface area contributed by atoms with E-state index in [-0.39, 0.29) is 16.5 Å². The van der Waals surface area contributed by atoms with Crippen LogP contribution in [0.5, 0.6) is 0 Å². The molecule has 4 aromatic rings. The molecule has 3 aromatic heterocycles. The normalized spacial score (nSPS) is 11.3. The second-order valence-corrected chi connectivity index (χ2v) is 6.22. The Morgan fingerprint density at radius 3 is 2.65 bits per heavy atom. The van der Waals surface area contributed by atoms with E-state index in [9.17, 15) is 9.18 Å². The first-order valence-electron chi connectivity index (χ1n) is 7.99. The van der Waals surface area contributed by atoms with Gasteiger partial charge in [-0.25, -0.2) is 13.9 Å². The summed E-state index contributed by atoms with van der Waals surface area (Å²) in [6, 6.07) is 7.93. The molecule has 0 saturated heterocycles. The molecule has 0 atom stereocenters. The van der Waals surface area contributed by atoms with Gasteiger partial charge in [-0.1, -0.05) is 19.1 Å². The van der Waals surface area contributed by atoms with Gasteiger partial charge in [-0.3, -0.25) is 9.36 Å². The number of benzene rings is 1. The lowest BCUT2D eigenvalue weighted by Crippen LogP contribution is -2.31. The monoisotopic (exact) mass is 367 g/mol. The van der Waals surface area contributed by atoms with Gasteiger partial charge in [-0.2, -0.15) is 5.10 Å². The van der Waals surface area contributed by atoms with Crippen LogP contribution in [0, 0.1) is 5.82 Å². The highest BCUT2D eigenvalue weighted by molar-refractivity contribution is 7.80. The predicted molar refractivity (Wildman–Crippen MR) is 102 cm³/mol. The van der Waals surface area contributed by atoms with E-state index in [4.69, 9.17) is 18.0 Å². The number of hydrogen-bond donors (Lipinski definition) is 1. The zero-order valence-corrected chi connectivity index (χ0v) is 14.6. The van der Waals surface area contributed by atoms with Crippen molar-refractivity contribution in [2.24, 2.45) is 5.73 Å². The van der Waals surface area contributed by atoms with Crippen LogP contribution in [0.15, 0.2) is 47.5 Å². The van der Waals surface area contributed by atoms with Gasteiger partial charge < -0.3 is 5.73 Å². The molecule has 0 bridgehead atoms. The van der Waals surface area contributed by atoms with Crippen molar-refractivity contribution < 1.29 is 4.39 Å². The standard InChI is InChI=1S/C18H14FN5OS/c1-2-13-15(10-3-5-11(19)6-4-10)16-21-9-12-14(24(16)22-13)7-8-23(17(12)25)18(20)26/h3-9H,2H2,1H3,(H2,20,26). The molecule has 0 radical (unpaired) electrons. The van der Waals surface area contributed by atoms with Crippen molar-refractivity contribution in [1.29, 1.82) is 0 Å². The highest BCUT2D eigenvalue weighted by Crippen LogP contribution is 2.29. The molecule has 2 N–H and O–H groups in total. The first-order valence-corrected chi connectivity index (χ1v) is 8.39. The zero-order chi connectivity index (χ0) is 18.4. The first-order chi connectivity index (χ1) is 12.5. The second kappa shape index (κ2) is 5.99. The number of thiocarbonyl (C=S) groups is 1. The Bertz CT molecular complexity index is 1230. The summed E-state index contributed by atoms with van der Waals surface area (Å²) in [5.74, 6) is -0.306. The third-order valence-electron chi connectivity index (χ3n) is 4.29. The van der Waals surface area contributed by atoms with Crippen LogP contribution < -0.4 is 11.3 Å². The van der Waals surface area contributed by atoms with Crippen molar-refractivity contribution in [3.05, 3.63) is 64.6 Å². The van der Waals surface area contributed by atoms with Crippen LogP contribution in [0.2, 0.25) is 0 Å². The Kier molecular flexibility index (Phi) is 3.77. The van der Waals surface area contributed by atoms with Crippen LogP contribution in [0.25, 0.3) is 27.7 Å². The summed E-state index contributed by atoms with van der Waals surface area (Å²) >= 11 is 4.89. The highest BCUT2D eigenvalue weighted by atomic mass is 32.1. The van der Waals surface area contributed by atoms with Crippen LogP contribution in [0.3, 0.4) is 0 Å². The van der Waals surface area contributed by atoms with Crippen LogP contribution in [0.1, 0.15) is 12.6 Å². The lowest BCUT2D eigenvalue weighted by atomic mass is 10.0. The van der Waals surface area contributed by atoms with Crippen LogP contribution in [-0.2, 0) is 6.42 Å². The fourth-order valence-electron chi connectivity index (χ4n) is 3.05. The number of aryl methyl sites for hydroxylation is 1. The Hall–Kier alpha value is -3.13. The summed E-state index contributed by atoms with van der Waals surface area (Å²) in [7, 11) is 0. The predicted octanol–water partition coefficient (Wildman–Crippen LogP) is 2.50. The van der Waals surface area contributed by atoms with Crippen molar-refractivity contribution in [2.45, 2.75) is 13.3 Å². The molecule has 0 saturated carbocycles. The third kappa shape index (κ3) is 2.38. The molecule has 26 heavy (non-hydrogen) atoms. The van der Waals surface area contributed by atoms with Crippen molar-refractivity contribution in [3.8, 4) is 11.1 Å². The summed E-state index contributed by atoms with van der Waals surface area (Å²) in [4.78, 5) is 17.0. The van der Waals surface area contributed by atoms with E-state index in [1.165, 1.54) is 29.1 Å². The SMILES string of the molecule is CCc1nn2c(ncc3c(=O)n(C(N)=S)ccc32)c1-c1ccc(F)cc1. The highest BCUT2D eigenvalue weighted by Gasteiger charge is 2.18. The number of aromatic nitrogens is 4. The Morgan fingerprint density at radius 1 is 1.27 bits per heavy atom. The maximum Gasteiger partial charge on any atom is 0.267 e. The van der Waals surface area contributed by atoms with E-state index < -0.39 is 0 Å². The molecule has 0 amide bonds. The van der Waals surface area contributed by atoms with Crippen molar-refractivity contribution in [1.82, 2.24) is 19.2 Å². The molecule has 130 valence electrons. The summed E-state index contributed by atoms with van der Waals surface area (Å²) in [6.45, 7) is 1.98. The minimum absolute atomic E-state index is 0.0290. The van der Waals surface area contributed by atoms with Gasteiger partial charge in [0.2, 0.25) is 0 Å². The average Bonchev–Trinajstić information content (AvgIpc) is 3.01. The number of hydrogen-bond acceptors (Lipinski definition) is 4. The molecule has 1 aromatic carbocycles. The van der Waals surface area contributed by atoms with E-state index in [1.54, 1.807) is 22.7 Å². The van der Waals surface area contributed by atoms with Gasteiger partial charge in [0.15, 0.2) is 10.8 Å². The van der Waals surface area contributed by atoms with Crippen LogP contribution in [-0.4, -0.2) is 24.3 Å². The average molecular weight is 367 g/mol. The van der Waals surface area contributed by atoms with Crippen molar-refractivity contribution in [2.75, 3.05) is 0 Å². The summed E-state index contributed by atoms with van der Waals surface area (Å²) in [5.41, 5.74) is 8.91. The molecular formula is C18H14FN5OS. The second-order valence-electron chi connectivity index (χ2n) is 5.80. The molecule has 0 fully saturated rings. The summed E-state index contributed by atoms with van der Waals surface area (Å²) in [5, 5.41) is 4.96. The maximum absolute atomic E-state index is 13.3. The summed E-state index contributed by atoms with van der Waals surface area (Å²) < 4.78 is 16.1. The minimum atomic E-state index is -0.346. The van der Waals surface area contributed by atoms with Gasteiger partial charge >= 0.3 is 0 Å². The largest absolute Gasteiger partial charge is 0.376 e. The van der Waals surface area contributed by atoms with Gasteiger partial charge in [-0.05, 0) is 42.4 Å². The molecule has 0 aliphatic heterocycles. The van der Waals surface area contributed by atoms with E-state index in [0.29, 0.717) is 23.0 Å². The molecular weight excluding hydrogens is 353 g/mol. The number of nitrogens with zero attached hydrogens (tertiary/aromatic N) is 4. The van der Waals surface area contributed by atoms with Crippen molar-refractivity contribution in [3.63, 3.8) is 0 Å². The number of fused-ring (bicyclic) bond motifs is 3. The lowest BCUT2D eigenvalue weighted by molar-refractivity contribution is 0.628. The Labute approximate surface area is 152 Å².